The minimum Gasteiger partial charge on any atom is -0.465 e. The zero-order chi connectivity index (χ0) is 10.6. The molecule has 0 N–H and O–H groups in total. The van der Waals surface area contributed by atoms with Gasteiger partial charge in [-0.1, -0.05) is 27.7 Å². The third-order valence-electron chi connectivity index (χ3n) is 3.75. The van der Waals surface area contributed by atoms with Crippen molar-refractivity contribution in [2.75, 3.05) is 6.61 Å². The van der Waals surface area contributed by atoms with Crippen molar-refractivity contribution in [3.05, 3.63) is 0 Å². The number of esters is 1. The first-order valence-electron chi connectivity index (χ1n) is 5.53. The van der Waals surface area contributed by atoms with Crippen LogP contribution in [0, 0.1) is 22.7 Å². The summed E-state index contributed by atoms with van der Waals surface area (Å²) >= 11 is 0. The Hall–Kier alpha value is -0.530. The maximum Gasteiger partial charge on any atom is 0.312 e. The molecular weight excluding hydrogens is 176 g/mol. The van der Waals surface area contributed by atoms with E-state index in [1.54, 1.807) is 0 Å². The van der Waals surface area contributed by atoms with E-state index in [0.717, 1.165) is 12.8 Å². The summed E-state index contributed by atoms with van der Waals surface area (Å²) in [4.78, 5) is 11.6. The van der Waals surface area contributed by atoms with Gasteiger partial charge in [0.1, 0.15) is 0 Å². The quantitative estimate of drug-likeness (QED) is 0.635. The van der Waals surface area contributed by atoms with E-state index < -0.39 is 0 Å². The molecule has 2 rings (SSSR count). The second kappa shape index (κ2) is 2.74. The van der Waals surface area contributed by atoms with E-state index in [1.165, 1.54) is 0 Å². The van der Waals surface area contributed by atoms with Crippen LogP contribution in [0.1, 0.15) is 40.5 Å². The molecule has 3 unspecified atom stereocenters. The van der Waals surface area contributed by atoms with Crippen molar-refractivity contribution in [3.8, 4) is 0 Å². The van der Waals surface area contributed by atoms with Crippen LogP contribution in [0.25, 0.3) is 0 Å². The zero-order valence-corrected chi connectivity index (χ0v) is 9.59. The lowest BCUT2D eigenvalue weighted by molar-refractivity contribution is -0.146. The fourth-order valence-corrected chi connectivity index (χ4v) is 3.02. The van der Waals surface area contributed by atoms with Crippen LogP contribution >= 0.6 is 0 Å². The molecule has 1 aliphatic carbocycles. The van der Waals surface area contributed by atoms with Crippen molar-refractivity contribution in [2.24, 2.45) is 22.7 Å². The minimum atomic E-state index is -0.0761. The first kappa shape index (κ1) is 10.0. The Kier molecular flexibility index (Phi) is 1.96. The molecule has 0 radical (unpaired) electrons. The molecule has 1 saturated heterocycles. The normalized spacial score (nSPS) is 37.7. The van der Waals surface area contributed by atoms with Crippen LogP contribution in [0.4, 0.5) is 0 Å². The van der Waals surface area contributed by atoms with Gasteiger partial charge in [0.25, 0.3) is 0 Å². The average molecular weight is 196 g/mol. The van der Waals surface area contributed by atoms with Gasteiger partial charge in [0.05, 0.1) is 12.0 Å². The zero-order valence-electron chi connectivity index (χ0n) is 9.59. The van der Waals surface area contributed by atoms with Gasteiger partial charge >= 0.3 is 5.97 Å². The molecule has 2 nitrogen and oxygen atoms in total. The summed E-state index contributed by atoms with van der Waals surface area (Å²) in [5.41, 5.74) is 0.234. The first-order chi connectivity index (χ1) is 6.36. The van der Waals surface area contributed by atoms with Crippen molar-refractivity contribution in [1.82, 2.24) is 0 Å². The van der Waals surface area contributed by atoms with Crippen molar-refractivity contribution in [1.29, 1.82) is 0 Å². The number of ether oxygens (including phenoxy) is 1. The van der Waals surface area contributed by atoms with E-state index >= 15 is 0 Å². The average Bonchev–Trinajstić information content (AvgIpc) is 2.65. The summed E-state index contributed by atoms with van der Waals surface area (Å²) in [6.45, 7) is 9.58. The van der Waals surface area contributed by atoms with E-state index in [-0.39, 0.29) is 11.4 Å². The number of hydrogen-bond donors (Lipinski definition) is 0. The van der Waals surface area contributed by atoms with Crippen LogP contribution in [-0.2, 0) is 9.53 Å². The molecule has 2 fully saturated rings. The van der Waals surface area contributed by atoms with Crippen molar-refractivity contribution in [2.45, 2.75) is 40.5 Å². The Balaban J connectivity index is 2.06. The molecule has 2 aliphatic rings. The molecule has 0 amide bonds. The molecule has 80 valence electrons. The molecule has 0 bridgehead atoms. The topological polar surface area (TPSA) is 26.3 Å². The van der Waals surface area contributed by atoms with E-state index in [2.05, 4.69) is 27.7 Å². The first-order valence-corrected chi connectivity index (χ1v) is 5.53. The Bertz CT molecular complexity index is 264. The van der Waals surface area contributed by atoms with E-state index in [4.69, 9.17) is 4.74 Å². The van der Waals surface area contributed by atoms with Gasteiger partial charge in [-0.25, -0.2) is 0 Å². The fraction of sp³-hybridized carbons (Fsp3) is 0.917. The number of fused-ring (bicyclic) bond motifs is 1. The summed E-state index contributed by atoms with van der Waals surface area (Å²) in [7, 11) is 0. The molecule has 1 aliphatic heterocycles. The largest absolute Gasteiger partial charge is 0.465 e. The fourth-order valence-electron chi connectivity index (χ4n) is 3.02. The number of rotatable bonds is 2. The van der Waals surface area contributed by atoms with Gasteiger partial charge in [-0.2, -0.15) is 0 Å². The number of carbonyl (C=O) groups excluding carboxylic acids is 1. The maximum atomic E-state index is 11.6. The summed E-state index contributed by atoms with van der Waals surface area (Å²) in [6.07, 6.45) is 2.18. The van der Waals surface area contributed by atoms with E-state index in [9.17, 15) is 4.79 Å². The summed E-state index contributed by atoms with van der Waals surface area (Å²) < 4.78 is 5.11. The lowest BCUT2D eigenvalue weighted by Gasteiger charge is -2.27. The lowest BCUT2D eigenvalue weighted by Crippen LogP contribution is -2.26. The highest BCUT2D eigenvalue weighted by Crippen LogP contribution is 2.63. The van der Waals surface area contributed by atoms with Gasteiger partial charge < -0.3 is 4.74 Å². The van der Waals surface area contributed by atoms with Gasteiger partial charge in [-0.05, 0) is 24.2 Å². The molecule has 0 spiro atoms. The van der Waals surface area contributed by atoms with E-state index in [0.29, 0.717) is 23.9 Å². The summed E-state index contributed by atoms with van der Waals surface area (Å²) in [6, 6.07) is 0. The van der Waals surface area contributed by atoms with Gasteiger partial charge in [-0.15, -0.1) is 0 Å². The maximum absolute atomic E-state index is 11.6. The number of carbonyl (C=O) groups is 1. The van der Waals surface area contributed by atoms with Crippen molar-refractivity contribution in [3.63, 3.8) is 0 Å². The third-order valence-corrected chi connectivity index (χ3v) is 3.75. The summed E-state index contributed by atoms with van der Waals surface area (Å²) in [5, 5.41) is 0. The van der Waals surface area contributed by atoms with Crippen LogP contribution in [0.2, 0.25) is 0 Å². The molecule has 1 saturated carbocycles. The Morgan fingerprint density at radius 2 is 2.21 bits per heavy atom. The second-order valence-corrected chi connectivity index (χ2v) is 6.21. The third kappa shape index (κ3) is 1.35. The van der Waals surface area contributed by atoms with Crippen LogP contribution in [0.5, 0.6) is 0 Å². The van der Waals surface area contributed by atoms with Crippen LogP contribution in [-0.4, -0.2) is 12.6 Å². The molecule has 3 atom stereocenters. The van der Waals surface area contributed by atoms with Gasteiger partial charge in [0, 0.05) is 5.92 Å². The highest BCUT2D eigenvalue weighted by atomic mass is 16.5. The monoisotopic (exact) mass is 196 g/mol. The smallest absolute Gasteiger partial charge is 0.312 e. The van der Waals surface area contributed by atoms with Crippen LogP contribution in [0.15, 0.2) is 0 Å². The molecule has 2 heteroatoms. The number of cyclic esters (lactones) is 1. The predicted molar refractivity (Wildman–Crippen MR) is 54.7 cm³/mol. The van der Waals surface area contributed by atoms with Crippen LogP contribution < -0.4 is 0 Å². The Morgan fingerprint density at radius 3 is 2.57 bits per heavy atom. The second-order valence-electron chi connectivity index (χ2n) is 6.21. The predicted octanol–water partition coefficient (Wildman–Crippen LogP) is 2.62. The Labute approximate surface area is 86.0 Å². The lowest BCUT2D eigenvalue weighted by atomic mass is 9.77. The molecule has 0 aromatic rings. The van der Waals surface area contributed by atoms with Crippen molar-refractivity contribution >= 4 is 5.97 Å². The van der Waals surface area contributed by atoms with Crippen molar-refractivity contribution < 1.29 is 9.53 Å². The van der Waals surface area contributed by atoms with Gasteiger partial charge in [0.2, 0.25) is 0 Å². The molecule has 14 heavy (non-hydrogen) atoms. The van der Waals surface area contributed by atoms with Gasteiger partial charge in [0.15, 0.2) is 0 Å². The number of hydrogen-bond acceptors (Lipinski definition) is 2. The highest BCUT2D eigenvalue weighted by Gasteiger charge is 2.68. The summed E-state index contributed by atoms with van der Waals surface area (Å²) in [5.74, 6) is 1.08. The minimum absolute atomic E-state index is 0.0688. The standard InChI is InChI=1S/C12H20O2/c1-8(5-11(2,3)4)12-6-9(12)7-14-10(12)13/h8-9H,5-7H2,1-4H3. The van der Waals surface area contributed by atoms with Gasteiger partial charge in [-0.3, -0.25) is 4.79 Å². The highest BCUT2D eigenvalue weighted by molar-refractivity contribution is 5.83. The molecule has 1 heterocycles. The molecular formula is C12H20O2. The Morgan fingerprint density at radius 1 is 1.57 bits per heavy atom. The molecule has 0 aromatic carbocycles. The van der Waals surface area contributed by atoms with Crippen LogP contribution in [0.3, 0.4) is 0 Å². The van der Waals surface area contributed by atoms with E-state index in [1.807, 2.05) is 0 Å². The SMILES string of the molecule is CC(CC(C)(C)C)C12CC1COC2=O. The molecule has 0 aromatic heterocycles.